The van der Waals surface area contributed by atoms with Crippen LogP contribution in [-0.4, -0.2) is 106 Å². The van der Waals surface area contributed by atoms with E-state index < -0.39 is 0 Å². The Kier molecular flexibility index (Phi) is 24.0. The predicted molar refractivity (Wildman–Crippen MR) is 424 cm³/mol. The molecule has 8 aliphatic rings. The average molecular weight is 1540 g/mol. The smallest absolute Gasteiger partial charge is 0.227 e. The summed E-state index contributed by atoms with van der Waals surface area (Å²) >= 11 is 31.5. The molecular formula is C84H84Br2Cl4N8O2. The molecule has 1 atom stereocenters. The van der Waals surface area contributed by atoms with Crippen molar-refractivity contribution in [2.45, 2.75) is 116 Å². The highest BCUT2D eigenvalue weighted by molar-refractivity contribution is 9.10. The molecule has 0 aliphatic carbocycles. The first-order chi connectivity index (χ1) is 48.8. The van der Waals surface area contributed by atoms with Gasteiger partial charge in [0.25, 0.3) is 0 Å². The fourth-order valence-electron chi connectivity index (χ4n) is 14.9. The van der Waals surface area contributed by atoms with E-state index >= 15 is 0 Å². The Morgan fingerprint density at radius 2 is 1.15 bits per heavy atom. The molecule has 8 heterocycles. The molecule has 0 bridgehead atoms. The number of amides is 1. The number of aliphatic imine (C=N–C) groups is 3. The van der Waals surface area contributed by atoms with E-state index in [1.165, 1.54) is 102 Å². The van der Waals surface area contributed by atoms with Crippen molar-refractivity contribution in [2.75, 3.05) is 46.4 Å². The van der Waals surface area contributed by atoms with Crippen LogP contribution in [0.5, 0.6) is 5.75 Å². The molecule has 100 heavy (non-hydrogen) atoms. The number of ether oxygens (including phenoxy) is 1. The third-order valence-electron chi connectivity index (χ3n) is 20.3. The molecule has 10 nitrogen and oxygen atoms in total. The van der Waals surface area contributed by atoms with E-state index in [-0.39, 0.29) is 5.91 Å². The van der Waals surface area contributed by atoms with E-state index in [0.717, 1.165) is 144 Å². The van der Waals surface area contributed by atoms with Gasteiger partial charge < -0.3 is 29.2 Å². The predicted octanol–water partition coefficient (Wildman–Crippen LogP) is 21.9. The monoisotopic (exact) mass is 1530 g/mol. The number of methoxy groups -OCH3 is 1. The van der Waals surface area contributed by atoms with Crippen LogP contribution in [0.4, 0.5) is 17.1 Å². The molecule has 0 saturated carbocycles. The number of likely N-dealkylation sites (tertiary alicyclic amines) is 2. The highest BCUT2D eigenvalue weighted by Crippen LogP contribution is 2.41. The summed E-state index contributed by atoms with van der Waals surface area (Å²) in [6.45, 7) is 11.3. The minimum Gasteiger partial charge on any atom is -0.496 e. The Labute approximate surface area is 627 Å². The summed E-state index contributed by atoms with van der Waals surface area (Å²) in [5, 5.41) is 2.50. The van der Waals surface area contributed by atoms with Crippen LogP contribution in [0.25, 0.3) is 18.2 Å². The number of carbonyl (C=O) groups excluding carboxylic acids is 1. The molecule has 5 saturated heterocycles. The zero-order chi connectivity index (χ0) is 69.1. The van der Waals surface area contributed by atoms with Crippen LogP contribution in [0.15, 0.2) is 223 Å². The fourth-order valence-corrected chi connectivity index (χ4v) is 16.3. The molecule has 0 N–H and O–H groups in total. The Balaban J connectivity index is 0.000000121. The van der Waals surface area contributed by atoms with Gasteiger partial charge in [-0.05, 0) is 217 Å². The van der Waals surface area contributed by atoms with Gasteiger partial charge in [-0.3, -0.25) is 4.79 Å². The van der Waals surface area contributed by atoms with E-state index in [4.69, 9.17) is 66.1 Å². The van der Waals surface area contributed by atoms with Crippen molar-refractivity contribution in [2.24, 2.45) is 20.9 Å². The topological polar surface area (TPSA) is 79.6 Å². The number of halogens is 6. The van der Waals surface area contributed by atoms with Gasteiger partial charge in [0.15, 0.2) is 0 Å². The third-order valence-corrected chi connectivity index (χ3v) is 22.9. The molecule has 5 fully saturated rings. The highest BCUT2D eigenvalue weighted by atomic mass is 79.9. The second-order valence-electron chi connectivity index (χ2n) is 26.9. The number of amidine groups is 3. The van der Waals surface area contributed by atoms with Crippen LogP contribution in [0, 0.1) is 5.92 Å². The Morgan fingerprint density at radius 3 is 1.78 bits per heavy atom. The normalized spacial score (nSPS) is 18.9. The molecule has 8 aromatic rings. The zero-order valence-electron chi connectivity index (χ0n) is 56.8. The van der Waals surface area contributed by atoms with E-state index in [2.05, 4.69) is 186 Å². The van der Waals surface area contributed by atoms with Gasteiger partial charge in [-0.15, -0.1) is 0 Å². The maximum atomic E-state index is 12.8. The number of unbranched alkanes of at least 4 members (excludes halogenated alkanes) is 1. The van der Waals surface area contributed by atoms with Crippen LogP contribution in [0.3, 0.4) is 0 Å². The Hall–Kier alpha value is -7.26. The molecule has 16 rings (SSSR count). The maximum Gasteiger partial charge on any atom is 0.227 e. The summed E-state index contributed by atoms with van der Waals surface area (Å²) in [6, 6.07) is 62.8. The summed E-state index contributed by atoms with van der Waals surface area (Å²) in [6.07, 6.45) is 19.8. The number of rotatable bonds is 12. The van der Waals surface area contributed by atoms with Gasteiger partial charge in [-0.25, -0.2) is 15.0 Å². The lowest BCUT2D eigenvalue weighted by molar-refractivity contribution is -0.132. The number of para-hydroxylation sites is 4. The van der Waals surface area contributed by atoms with Crippen LogP contribution in [0.2, 0.25) is 20.1 Å². The van der Waals surface area contributed by atoms with Crippen LogP contribution >= 0.6 is 78.3 Å². The molecule has 8 aliphatic heterocycles. The van der Waals surface area contributed by atoms with E-state index in [1.807, 2.05) is 71.6 Å². The lowest BCUT2D eigenvalue weighted by Gasteiger charge is -2.42. The zero-order valence-corrected chi connectivity index (χ0v) is 63.0. The van der Waals surface area contributed by atoms with Crippen LogP contribution in [-0.2, 0) is 37.3 Å². The molecule has 1 unspecified atom stereocenters. The Bertz CT molecular complexity index is 4440. The second-order valence-corrected chi connectivity index (χ2v) is 30.4. The van der Waals surface area contributed by atoms with Gasteiger partial charge in [0, 0.05) is 82.5 Å². The Morgan fingerprint density at radius 1 is 0.560 bits per heavy atom. The molecule has 1 amide bonds. The number of nitrogens with zero attached hydrogens (tertiary/aromatic N) is 8. The number of benzene rings is 8. The van der Waals surface area contributed by atoms with Gasteiger partial charge in [-0.1, -0.05) is 213 Å². The van der Waals surface area contributed by atoms with Crippen LogP contribution < -0.4 is 4.74 Å². The number of carbonyl (C=O) groups is 1. The van der Waals surface area contributed by atoms with Gasteiger partial charge in [-0.2, -0.15) is 0 Å². The van der Waals surface area contributed by atoms with Gasteiger partial charge in [0.2, 0.25) is 5.91 Å². The molecule has 0 spiro atoms. The fraction of sp³-hybridized carbons (Fsp3) is 0.310. The molecule has 0 aromatic heterocycles. The lowest BCUT2D eigenvalue weighted by Crippen LogP contribution is -2.49. The number of hydrogen-bond acceptors (Lipinski definition) is 9. The minimum atomic E-state index is 0.219. The van der Waals surface area contributed by atoms with Crippen molar-refractivity contribution in [1.29, 1.82) is 0 Å². The summed E-state index contributed by atoms with van der Waals surface area (Å²) in [7, 11) is 1.66. The molecule has 0 radical (unpaired) electrons. The molecule has 514 valence electrons. The molecule has 16 heteroatoms. The van der Waals surface area contributed by atoms with E-state index in [1.54, 1.807) is 13.2 Å². The van der Waals surface area contributed by atoms with Crippen molar-refractivity contribution >= 4 is 137 Å². The van der Waals surface area contributed by atoms with Gasteiger partial charge in [0.1, 0.15) is 23.3 Å². The number of fused-ring (bicyclic) bond motifs is 6. The van der Waals surface area contributed by atoms with Gasteiger partial charge in [0.05, 0.1) is 40.6 Å². The summed E-state index contributed by atoms with van der Waals surface area (Å²) in [5.74, 6) is 5.15. The van der Waals surface area contributed by atoms with Crippen molar-refractivity contribution in [3.63, 3.8) is 0 Å². The summed E-state index contributed by atoms with van der Waals surface area (Å²) in [5.41, 5.74) is 16.8. The largest absolute Gasteiger partial charge is 0.496 e. The second kappa shape index (κ2) is 33.7. The molecular weight excluding hydrogens is 1450 g/mol. The summed E-state index contributed by atoms with van der Waals surface area (Å²) < 4.78 is 7.69. The lowest BCUT2D eigenvalue weighted by atomic mass is 9.88. The first-order valence-corrected chi connectivity index (χ1v) is 38.3. The van der Waals surface area contributed by atoms with Gasteiger partial charge >= 0.3 is 0 Å². The first-order valence-electron chi connectivity index (χ1n) is 35.2. The number of piperidine rings is 2. The number of hydrogen-bond donors (Lipinski definition) is 0. The van der Waals surface area contributed by atoms with Crippen molar-refractivity contribution < 1.29 is 9.53 Å². The third kappa shape index (κ3) is 17.6. The van der Waals surface area contributed by atoms with Crippen LogP contribution in [0.1, 0.15) is 116 Å². The highest BCUT2D eigenvalue weighted by Gasteiger charge is 2.37. The van der Waals surface area contributed by atoms with Crippen molar-refractivity contribution in [1.82, 2.24) is 24.5 Å². The van der Waals surface area contributed by atoms with Crippen molar-refractivity contribution in [3.05, 3.63) is 272 Å². The maximum absolute atomic E-state index is 12.8. The quantitative estimate of drug-likeness (QED) is 0.121. The summed E-state index contributed by atoms with van der Waals surface area (Å²) in [4.78, 5) is 39.4. The average Bonchev–Trinajstić information content (AvgIpc) is 1.59. The molecule has 8 aromatic carbocycles. The van der Waals surface area contributed by atoms with E-state index in [0.29, 0.717) is 38.6 Å². The standard InChI is InChI=1S/C26H33BrN2O2.C22H23BrN2.2C18H14Cl2N2/c1-31-25-5-3-2-4-22(25)19-26(30)29-16-12-24(13-17-29)28-14-10-21(11-15-28)18-20-6-8-23(27)9-7-20;1-2-3-10-19-14-18(13-16-8-4-6-11-20(16)23)22-24-21-12-7-5-9-17(21)15-25(19)22;19-15-6-5-12(16(20)10-15)9-13-7-8-22-11-14-3-1-2-4-17(14)21-18(13)22;19-15-6-5-12(10-16(15)20)9-13-7-8-22-11-14-3-1-2-4-17(14)21-18(13)22/h2-9,21,24H,10-19H2,1H3;4-9,11-13,19H,2-3,10,14-15H2,1H3;2*1-6,9-10H,7-8,11H2/b;18-13+;2*13-9+. The van der Waals surface area contributed by atoms with E-state index in [9.17, 15) is 4.79 Å². The SMILES string of the molecule is CCCCC1C/C(=C\c2ccccc2Br)C2=Nc3ccccc3CN21.COc1ccccc1CC(=O)N1CCC(N2CCC(Cc3ccc(Br)cc3)CC2)CC1.Clc1ccc(/C=C2\CCN3Cc4ccccc4N=C23)c(Cl)c1.Clc1ccc(/C=C2\CCN3Cc4ccccc4N=C23)cc1Cl. The van der Waals surface area contributed by atoms with Crippen molar-refractivity contribution in [3.8, 4) is 5.75 Å². The minimum absolute atomic E-state index is 0.219. The first kappa shape index (κ1) is 71.1.